The molecule has 0 bridgehead atoms. The first-order chi connectivity index (χ1) is 8.04. The van der Waals surface area contributed by atoms with Crippen LogP contribution in [0.5, 0.6) is 0 Å². The van der Waals surface area contributed by atoms with Crippen LogP contribution in [-0.4, -0.2) is 23.3 Å². The van der Waals surface area contributed by atoms with Gasteiger partial charge in [-0.1, -0.05) is 12.1 Å². The molecule has 0 heterocycles. The highest BCUT2D eigenvalue weighted by Crippen LogP contribution is 2.13. The molecule has 2 amide bonds. The maximum atomic E-state index is 11.0. The highest BCUT2D eigenvalue weighted by atomic mass is 16.6. The number of nitro benzene ring substituents is 1. The number of nitrogens with one attached hydrogen (secondary N) is 1. The Hall–Kier alpha value is -2.44. The largest absolute Gasteiger partial charge is 0.368 e. The molecule has 0 aliphatic heterocycles. The molecule has 0 spiro atoms. The zero-order chi connectivity index (χ0) is 12.8. The zero-order valence-corrected chi connectivity index (χ0v) is 8.83. The first kappa shape index (κ1) is 12.6. The molecule has 0 saturated heterocycles. The second kappa shape index (κ2) is 5.59. The molecule has 0 radical (unpaired) electrons. The number of amides is 2. The summed E-state index contributed by atoms with van der Waals surface area (Å²) in [7, 11) is 0. The molecule has 0 fully saturated rings. The van der Waals surface area contributed by atoms with Gasteiger partial charge in [0.25, 0.3) is 5.69 Å². The number of nitro groups is 1. The van der Waals surface area contributed by atoms with Gasteiger partial charge in [0, 0.05) is 18.6 Å². The van der Waals surface area contributed by atoms with Crippen molar-refractivity contribution in [3.8, 4) is 0 Å². The lowest BCUT2D eigenvalue weighted by Crippen LogP contribution is -2.42. The minimum atomic E-state index is -0.811. The molecule has 1 atom stereocenters. The van der Waals surface area contributed by atoms with Crippen LogP contribution >= 0.6 is 0 Å². The van der Waals surface area contributed by atoms with Crippen LogP contribution in [0, 0.1) is 10.1 Å². The van der Waals surface area contributed by atoms with Crippen LogP contribution in [0.15, 0.2) is 24.3 Å². The van der Waals surface area contributed by atoms with E-state index in [1.54, 1.807) is 0 Å². The Morgan fingerprint density at radius 2 is 2.06 bits per heavy atom. The number of hydrogen-bond acceptors (Lipinski definition) is 4. The molecule has 1 aromatic carbocycles. The highest BCUT2D eigenvalue weighted by molar-refractivity contribution is 5.82. The summed E-state index contributed by atoms with van der Waals surface area (Å²) in [5.74, 6) is -0.657. The molecular weight excluding hydrogens is 226 g/mol. The van der Waals surface area contributed by atoms with E-state index in [0.29, 0.717) is 12.0 Å². The number of non-ortho nitro benzene ring substituents is 1. The van der Waals surface area contributed by atoms with Crippen molar-refractivity contribution in [3.05, 3.63) is 39.9 Å². The third-order valence-corrected chi connectivity index (χ3v) is 2.20. The lowest BCUT2D eigenvalue weighted by molar-refractivity contribution is -0.384. The van der Waals surface area contributed by atoms with Gasteiger partial charge < -0.3 is 11.1 Å². The summed E-state index contributed by atoms with van der Waals surface area (Å²) in [5.41, 5.74) is 5.72. The van der Waals surface area contributed by atoms with Crippen molar-refractivity contribution in [2.75, 3.05) is 0 Å². The van der Waals surface area contributed by atoms with Gasteiger partial charge in [0.05, 0.1) is 4.92 Å². The molecule has 1 aromatic rings. The number of carbonyl (C=O) groups is 2. The van der Waals surface area contributed by atoms with Gasteiger partial charge in [-0.15, -0.1) is 0 Å². The van der Waals surface area contributed by atoms with E-state index in [2.05, 4.69) is 5.32 Å². The lowest BCUT2D eigenvalue weighted by atomic mass is 10.1. The van der Waals surface area contributed by atoms with Crippen LogP contribution in [0.3, 0.4) is 0 Å². The summed E-state index contributed by atoms with van der Waals surface area (Å²) < 4.78 is 0. The minimum Gasteiger partial charge on any atom is -0.368 e. The number of rotatable bonds is 6. The van der Waals surface area contributed by atoms with Gasteiger partial charge >= 0.3 is 0 Å². The van der Waals surface area contributed by atoms with Crippen molar-refractivity contribution >= 4 is 18.0 Å². The van der Waals surface area contributed by atoms with Crippen molar-refractivity contribution in [1.82, 2.24) is 5.32 Å². The topological polar surface area (TPSA) is 115 Å². The van der Waals surface area contributed by atoms with E-state index in [1.165, 1.54) is 24.3 Å². The first-order valence-corrected chi connectivity index (χ1v) is 4.77. The Kier molecular flexibility index (Phi) is 4.15. The third kappa shape index (κ3) is 3.56. The molecule has 90 valence electrons. The van der Waals surface area contributed by atoms with Gasteiger partial charge in [0.2, 0.25) is 12.3 Å². The second-order valence-electron chi connectivity index (χ2n) is 3.37. The summed E-state index contributed by atoms with van der Waals surface area (Å²) in [6, 6.07) is 4.87. The average molecular weight is 237 g/mol. The Morgan fingerprint density at radius 3 is 2.47 bits per heavy atom. The average Bonchev–Trinajstić information content (AvgIpc) is 2.29. The predicted octanol–water partition coefficient (Wildman–Crippen LogP) is -0.263. The number of nitrogens with zero attached hydrogens (tertiary/aromatic N) is 1. The van der Waals surface area contributed by atoms with Gasteiger partial charge in [-0.05, 0) is 5.56 Å². The van der Waals surface area contributed by atoms with E-state index in [-0.39, 0.29) is 12.1 Å². The summed E-state index contributed by atoms with van der Waals surface area (Å²) in [5, 5.41) is 12.7. The Balaban J connectivity index is 2.76. The van der Waals surface area contributed by atoms with Crippen LogP contribution < -0.4 is 11.1 Å². The normalized spacial score (nSPS) is 11.5. The quantitative estimate of drug-likeness (QED) is 0.402. The second-order valence-corrected chi connectivity index (χ2v) is 3.37. The van der Waals surface area contributed by atoms with E-state index < -0.39 is 16.9 Å². The molecule has 0 aromatic heterocycles. The van der Waals surface area contributed by atoms with Gasteiger partial charge in [0.15, 0.2) is 0 Å². The monoisotopic (exact) mass is 237 g/mol. The molecule has 17 heavy (non-hydrogen) atoms. The number of carbonyl (C=O) groups excluding carboxylic acids is 2. The molecule has 7 heteroatoms. The maximum absolute atomic E-state index is 11.0. The van der Waals surface area contributed by atoms with Crippen molar-refractivity contribution in [3.63, 3.8) is 0 Å². The van der Waals surface area contributed by atoms with Gasteiger partial charge in [0.1, 0.15) is 6.04 Å². The van der Waals surface area contributed by atoms with E-state index >= 15 is 0 Å². The number of hydrogen-bond donors (Lipinski definition) is 2. The smallest absolute Gasteiger partial charge is 0.269 e. The summed E-state index contributed by atoms with van der Waals surface area (Å²) >= 11 is 0. The summed E-state index contributed by atoms with van der Waals surface area (Å²) in [4.78, 5) is 31.1. The minimum absolute atomic E-state index is 0.0345. The molecule has 0 aliphatic rings. The van der Waals surface area contributed by atoms with E-state index in [0.717, 1.165) is 0 Å². The van der Waals surface area contributed by atoms with E-state index in [1.807, 2.05) is 0 Å². The highest BCUT2D eigenvalue weighted by Gasteiger charge is 2.15. The summed E-state index contributed by atoms with van der Waals surface area (Å²) in [6.45, 7) is 0. The lowest BCUT2D eigenvalue weighted by Gasteiger charge is -2.11. The molecule has 0 saturated carbocycles. The van der Waals surface area contributed by atoms with Crippen molar-refractivity contribution in [2.24, 2.45) is 5.73 Å². The fourth-order valence-corrected chi connectivity index (χ4v) is 1.31. The van der Waals surface area contributed by atoms with Crippen LogP contribution in [0.4, 0.5) is 5.69 Å². The van der Waals surface area contributed by atoms with Crippen LogP contribution in [0.1, 0.15) is 5.56 Å². The van der Waals surface area contributed by atoms with Crippen LogP contribution in [-0.2, 0) is 16.0 Å². The molecule has 3 N–H and O–H groups in total. The van der Waals surface area contributed by atoms with E-state index in [9.17, 15) is 19.7 Å². The van der Waals surface area contributed by atoms with Crippen LogP contribution in [0.25, 0.3) is 0 Å². The number of benzene rings is 1. The van der Waals surface area contributed by atoms with Crippen LogP contribution in [0.2, 0.25) is 0 Å². The number of primary amides is 1. The summed E-state index contributed by atoms with van der Waals surface area (Å²) in [6.07, 6.45) is 0.590. The SMILES string of the molecule is NC(=O)C(Cc1ccc([N+](=O)[O-])cc1)NC=O. The fraction of sp³-hybridized carbons (Fsp3) is 0.200. The fourth-order valence-electron chi connectivity index (χ4n) is 1.31. The zero-order valence-electron chi connectivity index (χ0n) is 8.83. The molecule has 7 nitrogen and oxygen atoms in total. The standard InChI is InChI=1S/C10H11N3O4/c11-10(15)9(12-6-14)5-7-1-3-8(4-2-7)13(16)17/h1-4,6,9H,5H2,(H2,11,15)(H,12,14). The predicted molar refractivity (Wildman–Crippen MR) is 59.0 cm³/mol. The van der Waals surface area contributed by atoms with Crippen molar-refractivity contribution in [2.45, 2.75) is 12.5 Å². The Bertz CT molecular complexity index is 430. The first-order valence-electron chi connectivity index (χ1n) is 4.77. The van der Waals surface area contributed by atoms with Crippen molar-refractivity contribution < 1.29 is 14.5 Å². The number of nitrogens with two attached hydrogens (primary N) is 1. The van der Waals surface area contributed by atoms with E-state index in [4.69, 9.17) is 5.73 Å². The molecule has 1 unspecified atom stereocenters. The van der Waals surface area contributed by atoms with Gasteiger partial charge in [-0.25, -0.2) is 0 Å². The van der Waals surface area contributed by atoms with Gasteiger partial charge in [-0.2, -0.15) is 0 Å². The molecular formula is C10H11N3O4. The Morgan fingerprint density at radius 1 is 1.47 bits per heavy atom. The van der Waals surface area contributed by atoms with Crippen molar-refractivity contribution in [1.29, 1.82) is 0 Å². The molecule has 1 rings (SSSR count). The van der Waals surface area contributed by atoms with Gasteiger partial charge in [-0.3, -0.25) is 19.7 Å². The third-order valence-electron chi connectivity index (χ3n) is 2.20. The maximum Gasteiger partial charge on any atom is 0.269 e. The Labute approximate surface area is 96.8 Å². The molecule has 0 aliphatic carbocycles.